The highest BCUT2D eigenvalue weighted by atomic mass is 33.1. The minimum absolute atomic E-state index is 0.0128. The second kappa shape index (κ2) is 12.1. The molecule has 0 saturated carbocycles. The number of rotatable bonds is 9. The maximum absolute atomic E-state index is 12.6. The molecule has 2 fully saturated rings. The van der Waals surface area contributed by atoms with E-state index in [1.807, 2.05) is 78.9 Å². The zero-order chi connectivity index (χ0) is 30.2. The van der Waals surface area contributed by atoms with Gasteiger partial charge in [-0.25, -0.2) is 18.8 Å². The van der Waals surface area contributed by atoms with E-state index < -0.39 is 47.8 Å². The molecule has 2 aliphatic rings. The van der Waals surface area contributed by atoms with Gasteiger partial charge in [0, 0.05) is 18.4 Å². The number of fused-ring (bicyclic) bond motifs is 1. The predicted molar refractivity (Wildman–Crippen MR) is 163 cm³/mol. The van der Waals surface area contributed by atoms with Crippen LogP contribution in [-0.4, -0.2) is 48.7 Å². The molecule has 4 aromatic rings. The van der Waals surface area contributed by atoms with Crippen LogP contribution < -0.4 is 20.3 Å². The van der Waals surface area contributed by atoms with Gasteiger partial charge < -0.3 is 36.3 Å². The topological polar surface area (TPSA) is 113 Å². The number of benzene rings is 3. The molecule has 0 bridgehead atoms. The molecule has 0 aliphatic carbocycles. The number of aromatic nitrogens is 2. The van der Waals surface area contributed by atoms with E-state index in [1.165, 1.54) is 16.8 Å². The summed E-state index contributed by atoms with van der Waals surface area (Å²) in [5.74, 6) is 0.749. The standard InChI is InChI=1S/C30H29N2O8PS2/c1-35-22-12-8-20(9-13-22)30(19-6-4-3-5-7-19,21-10-14-23(36-2)15-11-21)37-18-24-26-27(40-41(42,43)39-26)28(38-24)32-17-16-25(33)31-29(32)34/h3-17,24,26-28H,18H2,1-2H3,(H,42,43)(H,31,33,34)/p-1/t24-,26-,27-,28-/m1/s1. The Labute approximate surface area is 259 Å². The van der Waals surface area contributed by atoms with Crippen LogP contribution in [0.1, 0.15) is 22.9 Å². The Kier molecular flexibility index (Phi) is 8.45. The normalized spacial score (nSPS) is 24.9. The lowest BCUT2D eigenvalue weighted by atomic mass is 9.80. The zero-order valence-corrected chi connectivity index (χ0v) is 25.7. The summed E-state index contributed by atoms with van der Waals surface area (Å²) in [6.45, 7) is 0.0128. The van der Waals surface area contributed by atoms with Crippen molar-refractivity contribution >= 4 is 30.6 Å². The summed E-state index contributed by atoms with van der Waals surface area (Å²) in [6.07, 6.45) is -4.72. The molecule has 0 spiro atoms. The van der Waals surface area contributed by atoms with E-state index in [-0.39, 0.29) is 6.61 Å². The monoisotopic (exact) mass is 639 g/mol. The van der Waals surface area contributed by atoms with Crippen LogP contribution in [0.2, 0.25) is 0 Å². The van der Waals surface area contributed by atoms with Crippen LogP contribution in [0.4, 0.5) is 0 Å². The van der Waals surface area contributed by atoms with E-state index in [1.54, 1.807) is 14.2 Å². The van der Waals surface area contributed by atoms with Crippen LogP contribution in [0.15, 0.2) is 95.9 Å². The van der Waals surface area contributed by atoms with E-state index in [2.05, 4.69) is 17.2 Å². The molecule has 13 heteroatoms. The molecule has 3 aromatic carbocycles. The largest absolute Gasteiger partial charge is 0.858 e. The minimum Gasteiger partial charge on any atom is -0.858 e. The molecule has 10 nitrogen and oxygen atoms in total. The molecule has 2 saturated heterocycles. The molecule has 5 atom stereocenters. The van der Waals surface area contributed by atoms with E-state index in [4.69, 9.17) is 40.2 Å². The summed E-state index contributed by atoms with van der Waals surface area (Å²) in [7, 11) is 3.23. The van der Waals surface area contributed by atoms with Crippen molar-refractivity contribution in [3.05, 3.63) is 118 Å². The van der Waals surface area contributed by atoms with Gasteiger partial charge in [0.25, 0.3) is 0 Å². The first-order valence-corrected chi connectivity index (χ1v) is 17.1. The first kappa shape index (κ1) is 30.0. The average molecular weight is 640 g/mol. The molecule has 43 heavy (non-hydrogen) atoms. The molecule has 0 amide bonds. The molecular weight excluding hydrogens is 611 g/mol. The van der Waals surface area contributed by atoms with Crippen molar-refractivity contribution in [1.29, 1.82) is 0 Å². The molecule has 0 N–H and O–H groups in total. The number of methoxy groups -OCH3 is 2. The van der Waals surface area contributed by atoms with E-state index in [0.717, 1.165) is 16.7 Å². The van der Waals surface area contributed by atoms with Crippen molar-refractivity contribution in [1.82, 2.24) is 9.55 Å². The van der Waals surface area contributed by atoms with Crippen LogP contribution in [0, 0.1) is 0 Å². The third kappa shape index (κ3) is 5.76. The fourth-order valence-electron chi connectivity index (χ4n) is 5.51. The van der Waals surface area contributed by atoms with Crippen LogP contribution in [0.3, 0.4) is 0 Å². The molecule has 2 aliphatic heterocycles. The Hall–Kier alpha value is -3.09. The maximum Gasteiger partial charge on any atom is 0.349 e. The maximum atomic E-state index is 12.6. The Morgan fingerprint density at radius 2 is 1.47 bits per heavy atom. The van der Waals surface area contributed by atoms with Gasteiger partial charge in [0.1, 0.15) is 23.2 Å². The summed E-state index contributed by atoms with van der Waals surface area (Å²) in [5.41, 5.74) is 0.664. The van der Waals surface area contributed by atoms with Gasteiger partial charge in [-0.3, -0.25) is 4.57 Å². The molecule has 0 radical (unpaired) electrons. The van der Waals surface area contributed by atoms with Gasteiger partial charge in [0.2, 0.25) is 6.12 Å². The second-order valence-electron chi connectivity index (χ2n) is 9.94. The number of ether oxygens (including phenoxy) is 4. The summed E-state index contributed by atoms with van der Waals surface area (Å²) in [5, 5.41) is 11.7. The first-order chi connectivity index (χ1) is 20.7. The predicted octanol–water partition coefficient (Wildman–Crippen LogP) is 4.18. The number of hydrogen-bond donors (Lipinski definition) is 1. The minimum atomic E-state index is -2.93. The van der Waals surface area contributed by atoms with Gasteiger partial charge >= 0.3 is 5.69 Å². The molecule has 3 heterocycles. The van der Waals surface area contributed by atoms with Gasteiger partial charge in [-0.1, -0.05) is 54.6 Å². The fraction of sp³-hybridized carbons (Fsp3) is 0.267. The van der Waals surface area contributed by atoms with Crippen molar-refractivity contribution < 1.29 is 33.1 Å². The summed E-state index contributed by atoms with van der Waals surface area (Å²) in [6, 6.07) is 26.3. The Balaban J connectivity index is 1.42. The zero-order valence-electron chi connectivity index (χ0n) is 23.1. The summed E-state index contributed by atoms with van der Waals surface area (Å²) < 4.78 is 37.5. The van der Waals surface area contributed by atoms with Gasteiger partial charge in [0.05, 0.1) is 20.8 Å². The van der Waals surface area contributed by atoms with Crippen molar-refractivity contribution in [3.8, 4) is 17.4 Å². The van der Waals surface area contributed by atoms with Crippen molar-refractivity contribution in [3.63, 3.8) is 0 Å². The Morgan fingerprint density at radius 3 is 2.02 bits per heavy atom. The van der Waals surface area contributed by atoms with Crippen molar-refractivity contribution in [2.75, 3.05) is 20.8 Å². The lowest BCUT2D eigenvalue weighted by molar-refractivity contribution is -0.275. The number of nitrogens with zero attached hydrogens (tertiary/aromatic N) is 2. The van der Waals surface area contributed by atoms with Gasteiger partial charge in [-0.15, -0.1) is 0 Å². The third-order valence-electron chi connectivity index (χ3n) is 7.51. The van der Waals surface area contributed by atoms with Gasteiger partial charge in [-0.05, 0) is 52.9 Å². The molecular formula is C30H28N2O8PS2-. The van der Waals surface area contributed by atoms with Crippen LogP contribution in [0.25, 0.3) is 0 Å². The third-order valence-corrected chi connectivity index (χ3v) is 9.61. The highest BCUT2D eigenvalue weighted by Crippen LogP contribution is 2.72. The van der Waals surface area contributed by atoms with E-state index in [9.17, 15) is 9.90 Å². The molecule has 224 valence electrons. The average Bonchev–Trinajstić information content (AvgIpc) is 3.51. The van der Waals surface area contributed by atoms with Crippen molar-refractivity contribution in [2.45, 2.75) is 30.1 Å². The first-order valence-electron chi connectivity index (χ1n) is 13.3. The molecule has 1 unspecified atom stereocenters. The summed E-state index contributed by atoms with van der Waals surface area (Å²) in [4.78, 5) is 16.2. The van der Waals surface area contributed by atoms with Crippen LogP contribution >= 0.6 is 18.4 Å². The smallest absolute Gasteiger partial charge is 0.349 e. The van der Waals surface area contributed by atoms with Crippen molar-refractivity contribution in [2.24, 2.45) is 0 Å². The summed E-state index contributed by atoms with van der Waals surface area (Å²) >= 11 is 9.90. The van der Waals surface area contributed by atoms with Crippen LogP contribution in [-0.2, 0) is 36.4 Å². The Morgan fingerprint density at radius 1 is 0.907 bits per heavy atom. The van der Waals surface area contributed by atoms with Gasteiger partial charge in [-0.2, -0.15) is 0 Å². The fourth-order valence-corrected chi connectivity index (χ4v) is 7.90. The highest BCUT2D eigenvalue weighted by molar-refractivity contribution is 8.76. The SMILES string of the molecule is COc1ccc(C(OC[C@H]2O[C@@H](n3ccc([O-])nc3=O)[C@@H]3O[P+]([S-])(S)O[C@@H]32)(c2ccccc2)c2ccc(OC)cc2)cc1. The second-order valence-corrected chi connectivity index (χ2v) is 15.1. The Bertz CT molecular complexity index is 1570. The highest BCUT2D eigenvalue weighted by Gasteiger charge is 2.60. The lowest BCUT2D eigenvalue weighted by Gasteiger charge is -2.37. The number of hydrogen-bond acceptors (Lipinski definition) is 11. The van der Waals surface area contributed by atoms with Gasteiger partial charge in [0.15, 0.2) is 18.4 Å². The van der Waals surface area contributed by atoms with E-state index >= 15 is 0 Å². The molecule has 6 rings (SSSR count). The molecule has 1 aromatic heterocycles. The quantitative estimate of drug-likeness (QED) is 0.124. The van der Waals surface area contributed by atoms with Crippen LogP contribution in [0.5, 0.6) is 17.4 Å². The number of thiol groups is 1. The lowest BCUT2D eigenvalue weighted by Crippen LogP contribution is -2.39. The van der Waals surface area contributed by atoms with E-state index in [0.29, 0.717) is 11.5 Å².